The van der Waals surface area contributed by atoms with Gasteiger partial charge in [0, 0.05) is 38.4 Å². The van der Waals surface area contributed by atoms with Gasteiger partial charge in [0.05, 0.1) is 6.54 Å². The number of rotatable bonds is 7. The normalized spacial score (nSPS) is 15.4. The minimum atomic E-state index is -0.487. The van der Waals surface area contributed by atoms with E-state index in [-0.39, 0.29) is 12.0 Å². The monoisotopic (exact) mass is 389 g/mol. The number of anilines is 1. The van der Waals surface area contributed by atoms with Crippen LogP contribution in [0.5, 0.6) is 0 Å². The number of para-hydroxylation sites is 1. The molecule has 0 unspecified atom stereocenters. The number of benzene rings is 1. The van der Waals surface area contributed by atoms with Gasteiger partial charge in [-0.05, 0) is 39.3 Å². The van der Waals surface area contributed by atoms with Crippen molar-refractivity contribution in [3.8, 4) is 0 Å². The molecule has 156 valence electrons. The van der Waals surface area contributed by atoms with Crippen LogP contribution in [0.1, 0.15) is 47.0 Å². The predicted octanol–water partition coefficient (Wildman–Crippen LogP) is 3.76. The third kappa shape index (κ3) is 7.15. The van der Waals surface area contributed by atoms with Crippen LogP contribution in [-0.4, -0.2) is 66.7 Å². The maximum absolute atomic E-state index is 13.0. The molecule has 0 aromatic heterocycles. The first kappa shape index (κ1) is 22.2. The molecule has 0 N–H and O–H groups in total. The fraction of sp³-hybridized carbons (Fsp3) is 0.636. The van der Waals surface area contributed by atoms with Gasteiger partial charge in [-0.15, -0.1) is 0 Å². The number of piperazine rings is 1. The molecule has 28 heavy (non-hydrogen) atoms. The van der Waals surface area contributed by atoms with E-state index in [1.165, 1.54) is 0 Å². The minimum Gasteiger partial charge on any atom is -0.444 e. The minimum absolute atomic E-state index is 0.119. The van der Waals surface area contributed by atoms with Gasteiger partial charge in [-0.2, -0.15) is 0 Å². The zero-order chi connectivity index (χ0) is 20.6. The quantitative estimate of drug-likeness (QED) is 0.666. The maximum Gasteiger partial charge on any atom is 0.410 e. The van der Waals surface area contributed by atoms with Gasteiger partial charge in [0.25, 0.3) is 0 Å². The first-order valence-corrected chi connectivity index (χ1v) is 10.4. The van der Waals surface area contributed by atoms with E-state index in [0.717, 1.165) is 31.5 Å². The number of carbonyl (C=O) groups is 2. The van der Waals surface area contributed by atoms with E-state index in [1.54, 1.807) is 4.90 Å². The molecule has 1 fully saturated rings. The van der Waals surface area contributed by atoms with Gasteiger partial charge in [-0.3, -0.25) is 9.69 Å². The molecule has 1 saturated heterocycles. The fourth-order valence-electron chi connectivity index (χ4n) is 3.22. The molecule has 0 aliphatic carbocycles. The van der Waals surface area contributed by atoms with Crippen molar-refractivity contribution in [3.05, 3.63) is 30.3 Å². The van der Waals surface area contributed by atoms with Crippen LogP contribution in [0.4, 0.5) is 10.5 Å². The van der Waals surface area contributed by atoms with Crippen molar-refractivity contribution in [2.24, 2.45) is 0 Å². The van der Waals surface area contributed by atoms with Crippen molar-refractivity contribution in [2.45, 2.75) is 52.6 Å². The average molecular weight is 390 g/mol. The molecule has 1 aromatic rings. The molecule has 0 bridgehead atoms. The molecule has 0 atom stereocenters. The summed E-state index contributed by atoms with van der Waals surface area (Å²) in [4.78, 5) is 30.9. The van der Waals surface area contributed by atoms with Gasteiger partial charge in [0.2, 0.25) is 5.91 Å². The Labute approximate surface area is 169 Å². The van der Waals surface area contributed by atoms with Gasteiger partial charge in [0.15, 0.2) is 0 Å². The fourth-order valence-corrected chi connectivity index (χ4v) is 3.22. The molecule has 1 aliphatic rings. The molecule has 6 heteroatoms. The van der Waals surface area contributed by atoms with Crippen LogP contribution in [0.2, 0.25) is 0 Å². The van der Waals surface area contributed by atoms with Crippen LogP contribution in [0.25, 0.3) is 0 Å². The van der Waals surface area contributed by atoms with E-state index in [4.69, 9.17) is 4.74 Å². The molecule has 2 amide bonds. The molecule has 6 nitrogen and oxygen atoms in total. The van der Waals surface area contributed by atoms with Gasteiger partial charge < -0.3 is 14.5 Å². The van der Waals surface area contributed by atoms with E-state index < -0.39 is 5.60 Å². The lowest BCUT2D eigenvalue weighted by Gasteiger charge is -2.36. The highest BCUT2D eigenvalue weighted by atomic mass is 16.6. The molecular formula is C22H35N3O3. The average Bonchev–Trinajstić information content (AvgIpc) is 2.65. The first-order chi connectivity index (χ1) is 13.3. The molecule has 2 rings (SSSR count). The second-order valence-corrected chi connectivity index (χ2v) is 8.33. The lowest BCUT2D eigenvalue weighted by Crippen LogP contribution is -2.52. The second-order valence-electron chi connectivity index (χ2n) is 8.33. The smallest absolute Gasteiger partial charge is 0.410 e. The number of amides is 2. The van der Waals surface area contributed by atoms with E-state index in [9.17, 15) is 9.59 Å². The summed E-state index contributed by atoms with van der Waals surface area (Å²) in [5.41, 5.74) is 0.467. The number of hydrogen-bond acceptors (Lipinski definition) is 4. The van der Waals surface area contributed by atoms with Crippen LogP contribution < -0.4 is 4.90 Å². The summed E-state index contributed by atoms with van der Waals surface area (Å²) in [6, 6.07) is 9.88. The number of unbranched alkanes of at least 4 members (excludes halogenated alkanes) is 2. The first-order valence-electron chi connectivity index (χ1n) is 10.4. The SMILES string of the molecule is CCCCCN(C(=O)CN1CCN(C(=O)OC(C)(C)C)CC1)c1ccccc1. The third-order valence-electron chi connectivity index (χ3n) is 4.74. The maximum atomic E-state index is 13.0. The van der Waals surface area contributed by atoms with Crippen LogP contribution >= 0.6 is 0 Å². The van der Waals surface area contributed by atoms with E-state index in [1.807, 2.05) is 56.0 Å². The molecule has 1 aliphatic heterocycles. The Morgan fingerprint density at radius 3 is 2.25 bits per heavy atom. The summed E-state index contributed by atoms with van der Waals surface area (Å²) in [6.45, 7) is 11.4. The van der Waals surface area contributed by atoms with Crippen molar-refractivity contribution < 1.29 is 14.3 Å². The molecule has 0 spiro atoms. The lowest BCUT2D eigenvalue weighted by molar-refractivity contribution is -0.120. The highest BCUT2D eigenvalue weighted by Crippen LogP contribution is 2.16. The second kappa shape index (κ2) is 10.5. The Morgan fingerprint density at radius 2 is 1.68 bits per heavy atom. The van der Waals surface area contributed by atoms with E-state index >= 15 is 0 Å². The zero-order valence-electron chi connectivity index (χ0n) is 17.8. The third-order valence-corrected chi connectivity index (χ3v) is 4.74. The predicted molar refractivity (Wildman–Crippen MR) is 113 cm³/mol. The van der Waals surface area contributed by atoms with E-state index in [2.05, 4.69) is 11.8 Å². The summed E-state index contributed by atoms with van der Waals surface area (Å²) in [5, 5.41) is 0. The largest absolute Gasteiger partial charge is 0.444 e. The van der Waals surface area contributed by atoms with Crippen molar-refractivity contribution >= 4 is 17.7 Å². The summed E-state index contributed by atoms with van der Waals surface area (Å²) in [7, 11) is 0. The number of carbonyl (C=O) groups excluding carboxylic acids is 2. The van der Waals surface area contributed by atoms with Gasteiger partial charge in [0.1, 0.15) is 5.60 Å². The number of hydrogen-bond donors (Lipinski definition) is 0. The molecular weight excluding hydrogens is 354 g/mol. The number of ether oxygens (including phenoxy) is 1. The Bertz CT molecular complexity index is 620. The highest BCUT2D eigenvalue weighted by Gasteiger charge is 2.27. The van der Waals surface area contributed by atoms with Crippen LogP contribution in [0, 0.1) is 0 Å². The molecule has 1 aromatic carbocycles. The molecule has 0 radical (unpaired) electrons. The van der Waals surface area contributed by atoms with Crippen molar-refractivity contribution in [3.63, 3.8) is 0 Å². The molecule has 0 saturated carbocycles. The summed E-state index contributed by atoms with van der Waals surface area (Å²) < 4.78 is 5.44. The van der Waals surface area contributed by atoms with Crippen LogP contribution in [0.3, 0.4) is 0 Å². The Kier molecular flexibility index (Phi) is 8.30. The van der Waals surface area contributed by atoms with E-state index in [0.29, 0.717) is 32.7 Å². The van der Waals surface area contributed by atoms with Crippen molar-refractivity contribution in [1.29, 1.82) is 0 Å². The lowest BCUT2D eigenvalue weighted by atomic mass is 10.2. The Hall–Kier alpha value is -2.08. The van der Waals surface area contributed by atoms with Gasteiger partial charge in [-0.1, -0.05) is 38.0 Å². The summed E-state index contributed by atoms with van der Waals surface area (Å²) in [5.74, 6) is 0.119. The van der Waals surface area contributed by atoms with Gasteiger partial charge >= 0.3 is 6.09 Å². The summed E-state index contributed by atoms with van der Waals surface area (Å²) in [6.07, 6.45) is 2.97. The van der Waals surface area contributed by atoms with Crippen molar-refractivity contribution in [2.75, 3.05) is 44.2 Å². The Balaban J connectivity index is 1.89. The number of nitrogens with zero attached hydrogens (tertiary/aromatic N) is 3. The highest BCUT2D eigenvalue weighted by molar-refractivity contribution is 5.94. The van der Waals surface area contributed by atoms with Crippen molar-refractivity contribution in [1.82, 2.24) is 9.80 Å². The Morgan fingerprint density at radius 1 is 1.04 bits per heavy atom. The standard InChI is InChI=1S/C22H35N3O3/c1-5-6-10-13-25(19-11-8-7-9-12-19)20(26)18-23-14-16-24(17-15-23)21(27)28-22(2,3)4/h7-9,11-12H,5-6,10,13-18H2,1-4H3. The van der Waals surface area contributed by atoms with Crippen LogP contribution in [-0.2, 0) is 9.53 Å². The summed E-state index contributed by atoms with van der Waals surface area (Å²) >= 11 is 0. The van der Waals surface area contributed by atoms with Gasteiger partial charge in [-0.25, -0.2) is 4.79 Å². The van der Waals surface area contributed by atoms with Crippen LogP contribution in [0.15, 0.2) is 30.3 Å². The zero-order valence-corrected chi connectivity index (χ0v) is 17.8. The topological polar surface area (TPSA) is 53.1 Å². The molecule has 1 heterocycles.